The molecule has 3 rings (SSSR count). The number of thiazole rings is 1. The molecule has 0 aliphatic rings. The highest BCUT2D eigenvalue weighted by Crippen LogP contribution is 2.26. The number of fused-ring (bicyclic) bond motifs is 1. The third-order valence-corrected chi connectivity index (χ3v) is 7.49. The molecule has 0 fully saturated rings. The minimum Gasteiger partial charge on any atom is -0.456 e. The zero-order chi connectivity index (χ0) is 21.2. The van der Waals surface area contributed by atoms with E-state index in [4.69, 9.17) is 16.3 Å². The van der Waals surface area contributed by atoms with Crippen molar-refractivity contribution in [2.45, 2.75) is 25.3 Å². The molecule has 0 bridgehead atoms. The fraction of sp³-hybridized carbons (Fsp3) is 0.278. The lowest BCUT2D eigenvalue weighted by Gasteiger charge is -2.19. The molecule has 154 valence electrons. The smallest absolute Gasteiger partial charge is 0.338 e. The van der Waals surface area contributed by atoms with Crippen molar-refractivity contribution in [3.8, 4) is 0 Å². The summed E-state index contributed by atoms with van der Waals surface area (Å²) in [6, 6.07) is 5.21. The van der Waals surface area contributed by atoms with E-state index in [-0.39, 0.29) is 40.7 Å². The van der Waals surface area contributed by atoms with Crippen molar-refractivity contribution in [3.05, 3.63) is 62.5 Å². The van der Waals surface area contributed by atoms with Gasteiger partial charge < -0.3 is 4.74 Å². The summed E-state index contributed by atoms with van der Waals surface area (Å²) in [5.41, 5.74) is 0.0613. The predicted molar refractivity (Wildman–Crippen MR) is 110 cm³/mol. The van der Waals surface area contributed by atoms with Crippen LogP contribution in [0.2, 0.25) is 5.02 Å². The predicted octanol–water partition coefficient (Wildman–Crippen LogP) is 2.80. The molecule has 0 unspecified atom stereocenters. The molecule has 0 radical (unpaired) electrons. The number of sulfonamides is 1. The number of halogens is 1. The monoisotopic (exact) mass is 455 g/mol. The number of hydrogen-bond donors (Lipinski definition) is 0. The first-order valence-corrected chi connectivity index (χ1v) is 11.4. The first-order valence-electron chi connectivity index (χ1n) is 8.70. The van der Waals surface area contributed by atoms with Gasteiger partial charge in [-0.25, -0.2) is 18.2 Å². The highest BCUT2D eigenvalue weighted by atomic mass is 35.5. The summed E-state index contributed by atoms with van der Waals surface area (Å²) in [5.74, 6) is -0.745. The fourth-order valence-electron chi connectivity index (χ4n) is 2.72. The van der Waals surface area contributed by atoms with Gasteiger partial charge in [0.2, 0.25) is 10.0 Å². The topological polar surface area (TPSA) is 98.0 Å². The third-order valence-electron chi connectivity index (χ3n) is 4.20. The summed E-state index contributed by atoms with van der Waals surface area (Å²) in [6.45, 7) is 3.76. The van der Waals surface area contributed by atoms with E-state index in [9.17, 15) is 18.0 Å². The average Bonchev–Trinajstić information content (AvgIpc) is 3.16. The molecule has 0 saturated heterocycles. The Morgan fingerprint density at radius 3 is 2.69 bits per heavy atom. The summed E-state index contributed by atoms with van der Waals surface area (Å²) in [6.07, 6.45) is 1.61. The zero-order valence-corrected chi connectivity index (χ0v) is 18.1. The van der Waals surface area contributed by atoms with Gasteiger partial charge in [0, 0.05) is 30.7 Å². The van der Waals surface area contributed by atoms with Gasteiger partial charge in [-0.05, 0) is 18.2 Å². The lowest BCUT2D eigenvalue weighted by atomic mass is 10.2. The first-order chi connectivity index (χ1) is 13.8. The summed E-state index contributed by atoms with van der Waals surface area (Å²) < 4.78 is 33.4. The van der Waals surface area contributed by atoms with Gasteiger partial charge in [-0.3, -0.25) is 9.20 Å². The van der Waals surface area contributed by atoms with Gasteiger partial charge in [-0.15, -0.1) is 11.3 Å². The largest absolute Gasteiger partial charge is 0.456 e. The molecule has 0 amide bonds. The molecule has 0 N–H and O–H groups in total. The second kappa shape index (κ2) is 8.62. The van der Waals surface area contributed by atoms with Gasteiger partial charge in [-0.2, -0.15) is 4.31 Å². The van der Waals surface area contributed by atoms with Crippen LogP contribution in [0.15, 0.2) is 45.5 Å². The Kier molecular flexibility index (Phi) is 6.37. The van der Waals surface area contributed by atoms with E-state index < -0.39 is 16.0 Å². The summed E-state index contributed by atoms with van der Waals surface area (Å²) in [7, 11) is -3.84. The Hall–Kier alpha value is -2.27. The summed E-state index contributed by atoms with van der Waals surface area (Å²) in [5, 5.41) is 1.75. The van der Waals surface area contributed by atoms with Gasteiger partial charge in [0.25, 0.3) is 5.56 Å². The number of ether oxygens (including phenoxy) is 1. The van der Waals surface area contributed by atoms with Gasteiger partial charge in [-0.1, -0.05) is 25.4 Å². The summed E-state index contributed by atoms with van der Waals surface area (Å²) >= 11 is 7.36. The molecule has 0 aliphatic carbocycles. The molecule has 0 saturated carbocycles. The minimum atomic E-state index is -3.84. The van der Waals surface area contributed by atoms with Crippen molar-refractivity contribution >= 4 is 43.9 Å². The maximum absolute atomic E-state index is 12.7. The highest BCUT2D eigenvalue weighted by Gasteiger charge is 2.26. The van der Waals surface area contributed by atoms with Crippen molar-refractivity contribution in [1.29, 1.82) is 0 Å². The van der Waals surface area contributed by atoms with Crippen LogP contribution < -0.4 is 5.56 Å². The lowest BCUT2D eigenvalue weighted by Crippen LogP contribution is -2.31. The quantitative estimate of drug-likeness (QED) is 0.508. The van der Waals surface area contributed by atoms with E-state index in [0.29, 0.717) is 10.7 Å². The van der Waals surface area contributed by atoms with Crippen LogP contribution in [0.5, 0.6) is 0 Å². The SMILES string of the molecule is CCN(CC)S(=O)(=O)c1cc(C(=O)OCc2cc(=O)n3ccsc3n2)ccc1Cl. The maximum atomic E-state index is 12.7. The number of hydrogen-bond acceptors (Lipinski definition) is 7. The van der Waals surface area contributed by atoms with Gasteiger partial charge in [0.1, 0.15) is 11.5 Å². The lowest BCUT2D eigenvalue weighted by molar-refractivity contribution is 0.0467. The third kappa shape index (κ3) is 4.35. The molecule has 8 nitrogen and oxygen atoms in total. The second-order valence-electron chi connectivity index (χ2n) is 5.95. The molecule has 0 spiro atoms. The Labute approximate surface area is 176 Å². The van der Waals surface area contributed by atoms with Gasteiger partial charge >= 0.3 is 5.97 Å². The molecule has 11 heteroatoms. The van der Waals surface area contributed by atoms with Crippen LogP contribution in [-0.2, 0) is 21.4 Å². The molecule has 3 aromatic rings. The Bertz CT molecular complexity index is 1220. The molecule has 0 aliphatic heterocycles. The van der Waals surface area contributed by atoms with Crippen LogP contribution in [-0.4, -0.2) is 41.2 Å². The number of nitrogens with zero attached hydrogens (tertiary/aromatic N) is 3. The van der Waals surface area contributed by atoms with Crippen LogP contribution in [0.25, 0.3) is 4.96 Å². The average molecular weight is 456 g/mol. The van der Waals surface area contributed by atoms with Gasteiger partial charge in [0.15, 0.2) is 4.96 Å². The number of carbonyl (C=O) groups is 1. The number of benzene rings is 1. The van der Waals surface area contributed by atoms with E-state index >= 15 is 0 Å². The van der Waals surface area contributed by atoms with Crippen molar-refractivity contribution in [2.24, 2.45) is 0 Å². The van der Waals surface area contributed by atoms with Crippen LogP contribution in [0, 0.1) is 0 Å². The van der Waals surface area contributed by atoms with E-state index in [1.807, 2.05) is 0 Å². The van der Waals surface area contributed by atoms with Gasteiger partial charge in [0.05, 0.1) is 16.3 Å². The Balaban J connectivity index is 1.83. The van der Waals surface area contributed by atoms with E-state index in [1.165, 1.54) is 44.3 Å². The van der Waals surface area contributed by atoms with E-state index in [2.05, 4.69) is 4.98 Å². The molecule has 2 heterocycles. The van der Waals surface area contributed by atoms with Crippen molar-refractivity contribution in [3.63, 3.8) is 0 Å². The standard InChI is InChI=1S/C18H18ClN3O5S2/c1-3-21(4-2)29(25,26)15-9-12(5-6-14(15)19)17(24)27-11-13-10-16(23)22-7-8-28-18(22)20-13/h5-10H,3-4,11H2,1-2H3. The fourth-order valence-corrected chi connectivity index (χ4v) is 5.41. The maximum Gasteiger partial charge on any atom is 0.338 e. The summed E-state index contributed by atoms with van der Waals surface area (Å²) in [4.78, 5) is 29.0. The number of aromatic nitrogens is 2. The molecule has 0 atom stereocenters. The number of esters is 1. The van der Waals surface area contributed by atoms with Crippen LogP contribution in [0.4, 0.5) is 0 Å². The van der Waals surface area contributed by atoms with Crippen molar-refractivity contribution < 1.29 is 17.9 Å². The van der Waals surface area contributed by atoms with Crippen molar-refractivity contribution in [1.82, 2.24) is 13.7 Å². The first kappa shape index (κ1) is 21.4. The molecular weight excluding hydrogens is 438 g/mol. The second-order valence-corrected chi connectivity index (χ2v) is 9.14. The van der Waals surface area contributed by atoms with Crippen LogP contribution >= 0.6 is 22.9 Å². The zero-order valence-electron chi connectivity index (χ0n) is 15.7. The number of rotatable bonds is 7. The van der Waals surface area contributed by atoms with E-state index in [0.717, 1.165) is 0 Å². The minimum absolute atomic E-state index is 0.0197. The highest BCUT2D eigenvalue weighted by molar-refractivity contribution is 7.89. The molecule has 29 heavy (non-hydrogen) atoms. The van der Waals surface area contributed by atoms with E-state index in [1.54, 1.807) is 25.4 Å². The Morgan fingerprint density at radius 2 is 2.00 bits per heavy atom. The number of carbonyl (C=O) groups excluding carboxylic acids is 1. The Morgan fingerprint density at radius 1 is 1.28 bits per heavy atom. The normalized spacial score (nSPS) is 11.9. The molecule has 1 aromatic carbocycles. The molecular formula is C18H18ClN3O5S2. The molecule has 2 aromatic heterocycles. The van der Waals surface area contributed by atoms with Crippen LogP contribution in [0.1, 0.15) is 29.9 Å². The van der Waals surface area contributed by atoms with Crippen molar-refractivity contribution in [2.75, 3.05) is 13.1 Å². The van der Waals surface area contributed by atoms with Crippen LogP contribution in [0.3, 0.4) is 0 Å².